The first-order valence-electron chi connectivity index (χ1n) is 6.94. The Bertz CT molecular complexity index is 496. The van der Waals surface area contributed by atoms with Crippen molar-refractivity contribution in [2.24, 2.45) is 0 Å². The quantitative estimate of drug-likeness (QED) is 0.742. The van der Waals surface area contributed by atoms with Gasteiger partial charge in [0.15, 0.2) is 6.29 Å². The molecular weight excluding hydrogens is 272 g/mol. The Hall–Kier alpha value is -2.44. The smallest absolute Gasteiger partial charge is 0.420 e. The van der Waals surface area contributed by atoms with E-state index in [0.717, 1.165) is 29.1 Å². The Morgan fingerprint density at radius 2 is 1.90 bits per heavy atom. The van der Waals surface area contributed by atoms with Crippen molar-refractivity contribution in [1.29, 1.82) is 0 Å². The highest BCUT2D eigenvalue weighted by Gasteiger charge is 2.34. The number of nitrogens with zero attached hydrogens (tertiary/aromatic N) is 1. The maximum atomic E-state index is 12.2. The van der Waals surface area contributed by atoms with Crippen molar-refractivity contribution in [3.63, 3.8) is 0 Å². The van der Waals surface area contributed by atoms with Crippen LogP contribution in [0.5, 0.6) is 0 Å². The predicted octanol–water partition coefficient (Wildman–Crippen LogP) is 2.39. The molecule has 3 amide bonds. The monoisotopic (exact) mass is 292 g/mol. The van der Waals surface area contributed by atoms with Crippen LogP contribution in [0.1, 0.15) is 19.8 Å². The van der Waals surface area contributed by atoms with E-state index in [1.54, 1.807) is 0 Å². The molecule has 1 aromatic rings. The third kappa shape index (κ3) is 3.36. The number of nitrogens with one attached hydrogen (secondary N) is 3. The normalized spacial score (nSPS) is 12.9. The van der Waals surface area contributed by atoms with Crippen molar-refractivity contribution in [3.8, 4) is 0 Å². The van der Waals surface area contributed by atoms with Gasteiger partial charge in [-0.3, -0.25) is 0 Å². The third-order valence-electron chi connectivity index (χ3n) is 3.17. The summed E-state index contributed by atoms with van der Waals surface area (Å²) >= 11 is 0. The molecule has 0 aliphatic carbocycles. The number of hydrogen-bond acceptors (Lipinski definition) is 5. The van der Waals surface area contributed by atoms with Crippen LogP contribution in [0.2, 0.25) is 0 Å². The van der Waals surface area contributed by atoms with Gasteiger partial charge in [-0.1, -0.05) is 25.5 Å². The molecule has 2 rings (SSSR count). The van der Waals surface area contributed by atoms with E-state index in [-0.39, 0.29) is 0 Å². The number of para-hydroxylation sites is 2. The number of hydrogen-bond donors (Lipinski definition) is 3. The molecule has 1 heterocycles. The fourth-order valence-electron chi connectivity index (χ4n) is 2.06. The molecule has 0 spiro atoms. The maximum Gasteiger partial charge on any atom is 0.420 e. The zero-order valence-electron chi connectivity index (χ0n) is 12.2. The van der Waals surface area contributed by atoms with Gasteiger partial charge in [-0.25, -0.2) is 9.59 Å². The van der Waals surface area contributed by atoms with Crippen molar-refractivity contribution >= 4 is 23.5 Å². The lowest BCUT2D eigenvalue weighted by molar-refractivity contribution is 0.122. The molecule has 1 aliphatic rings. The number of unbranched alkanes of at least 4 members (excludes halogenated alkanes) is 1. The molecule has 114 valence electrons. The number of methoxy groups -OCH3 is 1. The van der Waals surface area contributed by atoms with Gasteiger partial charge in [0.1, 0.15) is 0 Å². The number of carbonyl (C=O) groups excluding carboxylic acids is 2. The van der Waals surface area contributed by atoms with E-state index in [9.17, 15) is 9.59 Å². The fourth-order valence-corrected chi connectivity index (χ4v) is 2.06. The summed E-state index contributed by atoms with van der Waals surface area (Å²) in [7, 11) is 1.25. The van der Waals surface area contributed by atoms with Crippen LogP contribution in [0.15, 0.2) is 24.3 Å². The van der Waals surface area contributed by atoms with E-state index in [4.69, 9.17) is 4.74 Å². The van der Waals surface area contributed by atoms with Crippen LogP contribution in [0.25, 0.3) is 0 Å². The zero-order chi connectivity index (χ0) is 15.2. The van der Waals surface area contributed by atoms with Crippen LogP contribution in [0.3, 0.4) is 0 Å². The summed E-state index contributed by atoms with van der Waals surface area (Å²) in [4.78, 5) is 25.1. The number of anilines is 2. The Kier molecular flexibility index (Phi) is 4.86. The van der Waals surface area contributed by atoms with Gasteiger partial charge in [0.2, 0.25) is 0 Å². The molecule has 3 N–H and O–H groups in total. The predicted molar refractivity (Wildman–Crippen MR) is 80.0 cm³/mol. The van der Waals surface area contributed by atoms with Crippen molar-refractivity contribution in [2.75, 3.05) is 24.3 Å². The molecular formula is C14H20N4O3. The topological polar surface area (TPSA) is 82.7 Å². The molecule has 0 aromatic heterocycles. The van der Waals surface area contributed by atoms with Crippen LogP contribution in [-0.4, -0.2) is 37.0 Å². The van der Waals surface area contributed by atoms with E-state index >= 15 is 0 Å². The minimum absolute atomic E-state index is 0.492. The molecule has 0 radical (unpaired) electrons. The van der Waals surface area contributed by atoms with E-state index < -0.39 is 18.4 Å². The van der Waals surface area contributed by atoms with Crippen LogP contribution in [0, 0.1) is 0 Å². The molecule has 21 heavy (non-hydrogen) atoms. The van der Waals surface area contributed by atoms with E-state index in [0.29, 0.717) is 6.54 Å². The number of urea groups is 1. The fraction of sp³-hybridized carbons (Fsp3) is 0.429. The number of carbonyl (C=O) groups is 2. The third-order valence-corrected chi connectivity index (χ3v) is 3.17. The number of ether oxygens (including phenoxy) is 1. The zero-order valence-corrected chi connectivity index (χ0v) is 12.2. The van der Waals surface area contributed by atoms with Gasteiger partial charge in [-0.05, 0) is 18.6 Å². The summed E-state index contributed by atoms with van der Waals surface area (Å²) in [5, 5.41) is 8.86. The lowest BCUT2D eigenvalue weighted by Gasteiger charge is -2.26. The van der Waals surface area contributed by atoms with Gasteiger partial charge in [0.25, 0.3) is 0 Å². The molecule has 7 heteroatoms. The summed E-state index contributed by atoms with van der Waals surface area (Å²) in [5.74, 6) is 0. The van der Waals surface area contributed by atoms with Crippen LogP contribution in [-0.2, 0) is 4.74 Å². The number of benzene rings is 1. The van der Waals surface area contributed by atoms with Crippen molar-refractivity contribution < 1.29 is 14.3 Å². The van der Waals surface area contributed by atoms with Crippen LogP contribution >= 0.6 is 0 Å². The molecule has 0 saturated carbocycles. The summed E-state index contributed by atoms with van der Waals surface area (Å²) in [6.45, 7) is 2.55. The molecule has 1 aromatic carbocycles. The first kappa shape index (κ1) is 15.0. The molecule has 0 fully saturated rings. The summed E-state index contributed by atoms with van der Waals surface area (Å²) in [5.41, 5.74) is 1.66. The number of rotatable bonds is 4. The molecule has 1 aliphatic heterocycles. The highest BCUT2D eigenvalue weighted by Crippen LogP contribution is 2.29. The summed E-state index contributed by atoms with van der Waals surface area (Å²) < 4.78 is 4.70. The lowest BCUT2D eigenvalue weighted by Crippen LogP contribution is -2.54. The number of amides is 3. The Labute approximate surface area is 123 Å². The van der Waals surface area contributed by atoms with Gasteiger partial charge in [0.05, 0.1) is 18.5 Å². The standard InChI is InChI=1S/C14H20N4O3/c1-3-4-9-15-13(19)18(14(20)21-2)12-16-10-7-5-6-8-11(10)17-12/h5-8,12,16-17H,3-4,9H2,1-2H3,(H,15,19). The SMILES string of the molecule is CCCCNC(=O)N(C(=O)OC)C1Nc2ccccc2N1. The highest BCUT2D eigenvalue weighted by atomic mass is 16.5. The van der Waals surface area contributed by atoms with Crippen LogP contribution < -0.4 is 16.0 Å². The van der Waals surface area contributed by atoms with E-state index in [1.165, 1.54) is 7.11 Å². The van der Waals surface area contributed by atoms with Crippen molar-refractivity contribution in [1.82, 2.24) is 10.2 Å². The lowest BCUT2D eigenvalue weighted by atomic mass is 10.3. The minimum atomic E-state index is -0.721. The Morgan fingerprint density at radius 3 is 2.43 bits per heavy atom. The highest BCUT2D eigenvalue weighted by molar-refractivity contribution is 5.93. The number of fused-ring (bicyclic) bond motifs is 1. The molecule has 0 atom stereocenters. The molecule has 7 nitrogen and oxygen atoms in total. The second-order valence-corrected chi connectivity index (χ2v) is 4.66. The summed E-state index contributed by atoms with van der Waals surface area (Å²) in [6, 6.07) is 6.99. The maximum absolute atomic E-state index is 12.2. The second-order valence-electron chi connectivity index (χ2n) is 4.66. The molecule has 0 bridgehead atoms. The van der Waals surface area contributed by atoms with E-state index in [1.807, 2.05) is 31.2 Å². The van der Waals surface area contributed by atoms with Gasteiger partial charge in [-0.15, -0.1) is 0 Å². The average molecular weight is 292 g/mol. The largest absolute Gasteiger partial charge is 0.452 e. The van der Waals surface area contributed by atoms with Crippen molar-refractivity contribution in [3.05, 3.63) is 24.3 Å². The van der Waals surface area contributed by atoms with Gasteiger partial charge in [-0.2, -0.15) is 4.90 Å². The minimum Gasteiger partial charge on any atom is -0.452 e. The second kappa shape index (κ2) is 6.83. The first-order chi connectivity index (χ1) is 10.2. The Balaban J connectivity index is 2.08. The average Bonchev–Trinajstić information content (AvgIpc) is 2.90. The van der Waals surface area contributed by atoms with Gasteiger partial charge < -0.3 is 20.7 Å². The van der Waals surface area contributed by atoms with Crippen LogP contribution in [0.4, 0.5) is 21.0 Å². The molecule has 0 unspecified atom stereocenters. The van der Waals surface area contributed by atoms with Gasteiger partial charge in [0, 0.05) is 6.54 Å². The molecule has 0 saturated heterocycles. The van der Waals surface area contributed by atoms with Gasteiger partial charge >= 0.3 is 12.1 Å². The summed E-state index contributed by atoms with van der Waals surface area (Å²) in [6.07, 6.45) is 0.425. The first-order valence-corrected chi connectivity index (χ1v) is 6.94. The Morgan fingerprint density at radius 1 is 1.29 bits per heavy atom. The van der Waals surface area contributed by atoms with Crippen molar-refractivity contribution in [2.45, 2.75) is 26.1 Å². The number of imide groups is 1. The van der Waals surface area contributed by atoms with E-state index in [2.05, 4.69) is 16.0 Å².